The lowest BCUT2D eigenvalue weighted by Gasteiger charge is -2.40. The second-order valence-corrected chi connectivity index (χ2v) is 11.4. The monoisotopic (exact) mass is 490 g/mol. The first-order chi connectivity index (χ1) is 15.2. The van der Waals surface area contributed by atoms with Crippen molar-refractivity contribution in [2.45, 2.75) is 70.6 Å². The van der Waals surface area contributed by atoms with Crippen molar-refractivity contribution in [2.24, 2.45) is 5.41 Å². The number of halogens is 3. The number of carbonyl (C=O) groups excluding carboxylic acids is 1. The molecule has 2 aromatic rings. The van der Waals surface area contributed by atoms with Crippen LogP contribution in [0.1, 0.15) is 58.6 Å². The molecule has 176 valence electrons. The minimum absolute atomic E-state index is 0.0717. The van der Waals surface area contributed by atoms with Gasteiger partial charge in [0, 0.05) is 17.0 Å². The van der Waals surface area contributed by atoms with Crippen molar-refractivity contribution in [3.05, 3.63) is 69.5 Å². The molecule has 7 heteroatoms. The fourth-order valence-corrected chi connectivity index (χ4v) is 5.12. The Kier molecular flexibility index (Phi) is 6.88. The van der Waals surface area contributed by atoms with Gasteiger partial charge in [0.1, 0.15) is 22.9 Å². The van der Waals surface area contributed by atoms with Gasteiger partial charge in [-0.15, -0.1) is 0 Å². The molecule has 0 aliphatic carbocycles. The van der Waals surface area contributed by atoms with Crippen LogP contribution < -0.4 is 5.32 Å². The molecule has 1 fully saturated rings. The Morgan fingerprint density at radius 2 is 1.70 bits per heavy atom. The minimum atomic E-state index is -1.31. The second kappa shape index (κ2) is 8.91. The van der Waals surface area contributed by atoms with Crippen LogP contribution in [0.15, 0.2) is 42.5 Å². The van der Waals surface area contributed by atoms with Crippen molar-refractivity contribution in [3.8, 4) is 6.07 Å². The minimum Gasteiger partial charge on any atom is -0.459 e. The average Bonchev–Trinajstić information content (AvgIpc) is 3.06. The number of nitrogens with one attached hydrogen (secondary N) is 1. The predicted octanol–water partition coefficient (Wildman–Crippen LogP) is 6.41. The van der Waals surface area contributed by atoms with Crippen LogP contribution in [0, 0.1) is 22.6 Å². The van der Waals surface area contributed by atoms with Gasteiger partial charge in [-0.1, -0.05) is 68.2 Å². The van der Waals surface area contributed by atoms with E-state index in [1.807, 2.05) is 20.8 Å². The lowest BCUT2D eigenvalue weighted by molar-refractivity contribution is -0.157. The lowest BCUT2D eigenvalue weighted by Crippen LogP contribution is -2.50. The fourth-order valence-electron chi connectivity index (χ4n) is 4.81. The molecule has 33 heavy (non-hydrogen) atoms. The van der Waals surface area contributed by atoms with E-state index in [4.69, 9.17) is 27.9 Å². The van der Waals surface area contributed by atoms with Gasteiger partial charge in [-0.05, 0) is 55.5 Å². The Morgan fingerprint density at radius 3 is 2.21 bits per heavy atom. The van der Waals surface area contributed by atoms with Gasteiger partial charge < -0.3 is 4.74 Å². The Labute approximate surface area is 205 Å². The molecular formula is C26H29Cl2FN2O2. The third-order valence-electron chi connectivity index (χ3n) is 5.98. The van der Waals surface area contributed by atoms with Crippen LogP contribution in [0.5, 0.6) is 0 Å². The summed E-state index contributed by atoms with van der Waals surface area (Å²) >= 11 is 12.3. The average molecular weight is 491 g/mol. The van der Waals surface area contributed by atoms with Crippen LogP contribution in [0.3, 0.4) is 0 Å². The van der Waals surface area contributed by atoms with E-state index in [1.54, 1.807) is 57.2 Å². The number of benzene rings is 2. The van der Waals surface area contributed by atoms with E-state index < -0.39 is 46.2 Å². The molecule has 1 heterocycles. The van der Waals surface area contributed by atoms with E-state index in [0.717, 1.165) is 0 Å². The smallest absolute Gasteiger partial charge is 0.324 e. The van der Waals surface area contributed by atoms with Crippen molar-refractivity contribution >= 4 is 29.2 Å². The van der Waals surface area contributed by atoms with Crippen LogP contribution in [-0.4, -0.2) is 23.7 Å². The summed E-state index contributed by atoms with van der Waals surface area (Å²) in [4.78, 5) is 13.4. The standard InChI is InChI=1S/C26H29Cl2FN2O2/c1-24(2,3)23-26(14-30,15-10-12-16(27)13-11-15)19(17-8-7-9-18(28)20(17)29)21(31-23)22(32)33-25(4,5)6/h7-13,19,21,23,31H,1-6H3/t19?,21-,23+,26-/m1/s1. The van der Waals surface area contributed by atoms with Gasteiger partial charge in [0.2, 0.25) is 0 Å². The SMILES string of the molecule is CC(C)(C)OC(=O)[C@@H]1N[C@@H](C(C)(C)C)[C@](C#N)(c2ccc(Cl)cc2)C1c1cccc(Cl)c1F. The van der Waals surface area contributed by atoms with Crippen molar-refractivity contribution in [2.75, 3.05) is 0 Å². The number of hydrogen-bond acceptors (Lipinski definition) is 4. The van der Waals surface area contributed by atoms with E-state index in [0.29, 0.717) is 10.6 Å². The summed E-state index contributed by atoms with van der Waals surface area (Å²) in [6.45, 7) is 11.3. The zero-order valence-corrected chi connectivity index (χ0v) is 21.2. The largest absolute Gasteiger partial charge is 0.459 e. The summed E-state index contributed by atoms with van der Waals surface area (Å²) in [5.41, 5.74) is -1.72. The van der Waals surface area contributed by atoms with Crippen LogP contribution in [-0.2, 0) is 14.9 Å². The highest BCUT2D eigenvalue weighted by atomic mass is 35.5. The summed E-state index contributed by atoms with van der Waals surface area (Å²) in [7, 11) is 0. The summed E-state index contributed by atoms with van der Waals surface area (Å²) in [6, 6.07) is 12.6. The Bertz CT molecular complexity index is 1080. The first-order valence-corrected chi connectivity index (χ1v) is 11.6. The molecule has 1 N–H and O–H groups in total. The maximum absolute atomic E-state index is 15.5. The van der Waals surface area contributed by atoms with E-state index >= 15 is 4.39 Å². The molecule has 1 saturated heterocycles. The van der Waals surface area contributed by atoms with Crippen molar-refractivity contribution in [3.63, 3.8) is 0 Å². The zero-order valence-electron chi connectivity index (χ0n) is 19.7. The number of ether oxygens (including phenoxy) is 1. The molecule has 2 aromatic carbocycles. The number of carbonyl (C=O) groups is 1. The fraction of sp³-hybridized carbons (Fsp3) is 0.462. The second-order valence-electron chi connectivity index (χ2n) is 10.6. The molecule has 4 atom stereocenters. The van der Waals surface area contributed by atoms with E-state index in [9.17, 15) is 10.1 Å². The molecule has 0 saturated carbocycles. The van der Waals surface area contributed by atoms with Crippen molar-refractivity contribution in [1.82, 2.24) is 5.32 Å². The number of rotatable bonds is 3. The topological polar surface area (TPSA) is 62.1 Å². The Balaban J connectivity index is 2.35. The molecule has 1 aliphatic rings. The highest BCUT2D eigenvalue weighted by Gasteiger charge is 2.63. The summed E-state index contributed by atoms with van der Waals surface area (Å²) in [5.74, 6) is -2.10. The maximum atomic E-state index is 15.5. The van der Waals surface area contributed by atoms with Gasteiger partial charge in [0.25, 0.3) is 0 Å². The van der Waals surface area contributed by atoms with E-state index in [2.05, 4.69) is 11.4 Å². The number of nitriles is 1. The predicted molar refractivity (Wildman–Crippen MR) is 129 cm³/mol. The molecule has 0 spiro atoms. The third kappa shape index (κ3) is 4.75. The normalized spacial score (nSPS) is 25.5. The van der Waals surface area contributed by atoms with Gasteiger partial charge in [-0.25, -0.2) is 4.39 Å². The maximum Gasteiger partial charge on any atom is 0.324 e. The molecule has 0 aromatic heterocycles. The van der Waals surface area contributed by atoms with Gasteiger partial charge in [0.15, 0.2) is 0 Å². The van der Waals surface area contributed by atoms with Crippen LogP contribution in [0.2, 0.25) is 10.0 Å². The van der Waals surface area contributed by atoms with Crippen LogP contribution >= 0.6 is 23.2 Å². The molecule has 4 nitrogen and oxygen atoms in total. The highest BCUT2D eigenvalue weighted by Crippen LogP contribution is 2.54. The number of nitrogens with zero attached hydrogens (tertiary/aromatic N) is 1. The Morgan fingerprint density at radius 1 is 1.09 bits per heavy atom. The highest BCUT2D eigenvalue weighted by molar-refractivity contribution is 6.31. The first kappa shape index (κ1) is 25.5. The van der Waals surface area contributed by atoms with Gasteiger partial charge >= 0.3 is 5.97 Å². The zero-order chi connectivity index (χ0) is 24.8. The molecule has 1 unspecified atom stereocenters. The van der Waals surface area contributed by atoms with Crippen LogP contribution in [0.4, 0.5) is 4.39 Å². The van der Waals surface area contributed by atoms with Crippen molar-refractivity contribution in [1.29, 1.82) is 5.26 Å². The lowest BCUT2D eigenvalue weighted by atomic mass is 9.60. The molecule has 0 amide bonds. The van der Waals surface area contributed by atoms with E-state index in [1.165, 1.54) is 6.07 Å². The quantitative estimate of drug-likeness (QED) is 0.505. The van der Waals surface area contributed by atoms with Gasteiger partial charge in [-0.2, -0.15) is 5.26 Å². The van der Waals surface area contributed by atoms with Gasteiger partial charge in [-0.3, -0.25) is 10.1 Å². The molecular weight excluding hydrogens is 462 g/mol. The number of hydrogen-bond donors (Lipinski definition) is 1. The molecule has 1 aliphatic heterocycles. The van der Waals surface area contributed by atoms with E-state index in [-0.39, 0.29) is 10.6 Å². The summed E-state index contributed by atoms with van der Waals surface area (Å²) in [6.07, 6.45) is 0. The third-order valence-corrected chi connectivity index (χ3v) is 6.52. The Hall–Kier alpha value is -2.13. The number of esters is 1. The first-order valence-electron chi connectivity index (χ1n) is 10.8. The molecule has 0 radical (unpaired) electrons. The van der Waals surface area contributed by atoms with Gasteiger partial charge in [0.05, 0.1) is 11.1 Å². The summed E-state index contributed by atoms with van der Waals surface area (Å²) < 4.78 is 21.2. The molecule has 0 bridgehead atoms. The van der Waals surface area contributed by atoms with Crippen molar-refractivity contribution < 1.29 is 13.9 Å². The van der Waals surface area contributed by atoms with Crippen LogP contribution in [0.25, 0.3) is 0 Å². The molecule has 3 rings (SSSR count). The summed E-state index contributed by atoms with van der Waals surface area (Å²) in [5, 5.41) is 14.6.